The Kier molecular flexibility index (Phi) is 10.0. The van der Waals surface area contributed by atoms with Crippen LogP contribution in [0.15, 0.2) is 83.8 Å². The molecule has 1 saturated heterocycles. The van der Waals surface area contributed by atoms with Gasteiger partial charge in [-0.3, -0.25) is 9.59 Å². The lowest BCUT2D eigenvalue weighted by molar-refractivity contribution is -0.141. The number of benzene rings is 3. The maximum atomic E-state index is 13.7. The summed E-state index contributed by atoms with van der Waals surface area (Å²) in [5.41, 5.74) is 2.04. The average Bonchev–Trinajstić information content (AvgIpc) is 3.53. The molecule has 4 rings (SSSR count). The highest BCUT2D eigenvalue weighted by Gasteiger charge is 2.31. The minimum absolute atomic E-state index is 0.0351. The number of aliphatic hydroxyl groups is 1. The van der Waals surface area contributed by atoms with Gasteiger partial charge in [0.05, 0.1) is 11.5 Å². The van der Waals surface area contributed by atoms with Gasteiger partial charge in [0.2, 0.25) is 21.8 Å². The normalized spacial score (nSPS) is 14.6. The maximum Gasteiger partial charge on any atom is 0.247 e. The van der Waals surface area contributed by atoms with E-state index in [1.807, 2.05) is 6.07 Å². The highest BCUT2D eigenvalue weighted by Crippen LogP contribution is 2.26. The molecule has 0 bridgehead atoms. The predicted octanol–water partition coefficient (Wildman–Crippen LogP) is 3.42. The summed E-state index contributed by atoms with van der Waals surface area (Å²) in [7, 11) is -3.53. The van der Waals surface area contributed by atoms with Gasteiger partial charge in [-0.2, -0.15) is 4.31 Å². The van der Waals surface area contributed by atoms with Gasteiger partial charge in [-0.1, -0.05) is 54.6 Å². The van der Waals surface area contributed by atoms with Gasteiger partial charge in [0, 0.05) is 32.6 Å². The molecule has 3 aromatic carbocycles. The van der Waals surface area contributed by atoms with E-state index in [0.717, 1.165) is 18.4 Å². The van der Waals surface area contributed by atoms with Crippen LogP contribution in [0.3, 0.4) is 0 Å². The number of rotatable bonds is 12. The van der Waals surface area contributed by atoms with Crippen LogP contribution in [0.4, 0.5) is 4.39 Å². The molecule has 3 aromatic rings. The van der Waals surface area contributed by atoms with Gasteiger partial charge < -0.3 is 15.3 Å². The Morgan fingerprint density at radius 1 is 0.925 bits per heavy atom. The van der Waals surface area contributed by atoms with Crippen molar-refractivity contribution in [3.05, 3.63) is 101 Å². The molecule has 2 amide bonds. The molecule has 8 nitrogen and oxygen atoms in total. The van der Waals surface area contributed by atoms with Crippen LogP contribution >= 0.6 is 0 Å². The molecule has 1 heterocycles. The molecule has 2 N–H and O–H groups in total. The molecule has 1 aliphatic rings. The molecule has 40 heavy (non-hydrogen) atoms. The molecule has 0 aliphatic carbocycles. The van der Waals surface area contributed by atoms with Gasteiger partial charge in [0.15, 0.2) is 0 Å². The predicted molar refractivity (Wildman–Crippen MR) is 149 cm³/mol. The van der Waals surface area contributed by atoms with Crippen LogP contribution in [0.5, 0.6) is 0 Å². The number of carbonyl (C=O) groups is 2. The fraction of sp³-hybridized carbons (Fsp3) is 0.333. The second kappa shape index (κ2) is 13.6. The average molecular weight is 568 g/mol. The highest BCUT2D eigenvalue weighted by atomic mass is 32.2. The van der Waals surface area contributed by atoms with Gasteiger partial charge in [-0.05, 0) is 60.2 Å². The van der Waals surface area contributed by atoms with E-state index in [4.69, 9.17) is 0 Å². The fourth-order valence-electron chi connectivity index (χ4n) is 4.79. The first-order chi connectivity index (χ1) is 19.3. The van der Waals surface area contributed by atoms with Crippen molar-refractivity contribution in [2.75, 3.05) is 26.2 Å². The summed E-state index contributed by atoms with van der Waals surface area (Å²) in [6.45, 7) is 0.905. The van der Waals surface area contributed by atoms with Gasteiger partial charge in [0.25, 0.3) is 0 Å². The van der Waals surface area contributed by atoms with Gasteiger partial charge in [-0.25, -0.2) is 12.8 Å². The van der Waals surface area contributed by atoms with E-state index in [1.165, 1.54) is 21.3 Å². The zero-order valence-electron chi connectivity index (χ0n) is 22.2. The molecule has 1 unspecified atom stereocenters. The number of sulfonamides is 1. The van der Waals surface area contributed by atoms with E-state index >= 15 is 0 Å². The lowest BCUT2D eigenvalue weighted by atomic mass is 10.0. The number of halogens is 1. The van der Waals surface area contributed by atoms with Crippen molar-refractivity contribution in [2.45, 2.75) is 43.2 Å². The molecule has 0 aromatic heterocycles. The number of nitrogens with zero attached hydrogens (tertiary/aromatic N) is 2. The van der Waals surface area contributed by atoms with Crippen LogP contribution in [0.25, 0.3) is 0 Å². The molecule has 1 atom stereocenters. The van der Waals surface area contributed by atoms with Crippen molar-refractivity contribution in [1.29, 1.82) is 0 Å². The summed E-state index contributed by atoms with van der Waals surface area (Å²) in [4.78, 5) is 28.7. The second-order valence-electron chi connectivity index (χ2n) is 9.73. The second-order valence-corrected chi connectivity index (χ2v) is 11.7. The Balaban J connectivity index is 1.55. The standard InChI is InChI=1S/C30H34FN3O5S/c31-26-13-8-24(9-14-26)22-34(29(30(37)32-18-21-35)25-6-2-1-3-7-25)28(36)17-12-23-10-15-27(16-11-23)40(38,39)33-19-4-5-20-33/h1-3,6-11,13-16,29,35H,4-5,12,17-22H2,(H,32,37). The molecule has 212 valence electrons. The molecule has 1 aliphatic heterocycles. The Morgan fingerprint density at radius 2 is 1.55 bits per heavy atom. The summed E-state index contributed by atoms with van der Waals surface area (Å²) in [5, 5.41) is 11.9. The van der Waals surface area contributed by atoms with Crippen LogP contribution < -0.4 is 5.32 Å². The van der Waals surface area contributed by atoms with Crippen molar-refractivity contribution < 1.29 is 27.5 Å². The van der Waals surface area contributed by atoms with E-state index in [1.54, 1.807) is 60.7 Å². The zero-order valence-corrected chi connectivity index (χ0v) is 23.0. The number of hydrogen-bond donors (Lipinski definition) is 2. The largest absolute Gasteiger partial charge is 0.395 e. The molecule has 0 spiro atoms. The maximum absolute atomic E-state index is 13.7. The van der Waals surface area contributed by atoms with Crippen LogP contribution in [-0.2, 0) is 32.6 Å². The van der Waals surface area contributed by atoms with E-state index in [9.17, 15) is 27.5 Å². The Labute approximate surface area is 234 Å². The van der Waals surface area contributed by atoms with E-state index in [2.05, 4.69) is 5.32 Å². The third-order valence-corrected chi connectivity index (χ3v) is 8.84. The van der Waals surface area contributed by atoms with Gasteiger partial charge in [0.1, 0.15) is 11.9 Å². The van der Waals surface area contributed by atoms with Gasteiger partial charge in [-0.15, -0.1) is 0 Å². The zero-order chi connectivity index (χ0) is 28.5. The smallest absolute Gasteiger partial charge is 0.247 e. The van der Waals surface area contributed by atoms with Crippen LogP contribution in [0, 0.1) is 5.82 Å². The fourth-order valence-corrected chi connectivity index (χ4v) is 6.31. The molecule has 0 radical (unpaired) electrons. The molecule has 1 fully saturated rings. The lowest BCUT2D eigenvalue weighted by Crippen LogP contribution is -2.44. The van der Waals surface area contributed by atoms with Crippen molar-refractivity contribution >= 4 is 21.8 Å². The van der Waals surface area contributed by atoms with Crippen molar-refractivity contribution in [2.24, 2.45) is 0 Å². The minimum atomic E-state index is -3.53. The molecular weight excluding hydrogens is 533 g/mol. The van der Waals surface area contributed by atoms with Crippen LogP contribution in [0.1, 0.15) is 42.0 Å². The van der Waals surface area contributed by atoms with Crippen LogP contribution in [0.2, 0.25) is 0 Å². The summed E-state index contributed by atoms with van der Waals surface area (Å²) in [6, 6.07) is 20.2. The van der Waals surface area contributed by atoms with Crippen molar-refractivity contribution in [3.8, 4) is 0 Å². The Morgan fingerprint density at radius 3 is 2.17 bits per heavy atom. The number of nitrogens with one attached hydrogen (secondary N) is 1. The first kappa shape index (κ1) is 29.4. The molecular formula is C30H34FN3O5S. The number of aryl methyl sites for hydroxylation is 1. The molecule has 10 heteroatoms. The summed E-state index contributed by atoms with van der Waals surface area (Å²) >= 11 is 0. The van der Waals surface area contributed by atoms with E-state index in [-0.39, 0.29) is 36.9 Å². The minimum Gasteiger partial charge on any atom is -0.395 e. The number of carbonyl (C=O) groups excluding carboxylic acids is 2. The lowest BCUT2D eigenvalue weighted by Gasteiger charge is -2.32. The first-order valence-corrected chi connectivity index (χ1v) is 14.8. The summed E-state index contributed by atoms with van der Waals surface area (Å²) < 4.78 is 40.7. The van der Waals surface area contributed by atoms with E-state index < -0.39 is 27.8 Å². The molecule has 0 saturated carbocycles. The quantitative estimate of drug-likeness (QED) is 0.349. The summed E-state index contributed by atoms with van der Waals surface area (Å²) in [5.74, 6) is -1.14. The Hall–Kier alpha value is -3.60. The van der Waals surface area contributed by atoms with Crippen LogP contribution in [-0.4, -0.2) is 60.8 Å². The summed E-state index contributed by atoms with van der Waals surface area (Å²) in [6.07, 6.45) is 2.12. The Bertz CT molecular complexity index is 1380. The monoisotopic (exact) mass is 567 g/mol. The topological polar surface area (TPSA) is 107 Å². The third-order valence-electron chi connectivity index (χ3n) is 6.93. The number of amides is 2. The van der Waals surface area contributed by atoms with Gasteiger partial charge >= 0.3 is 0 Å². The van der Waals surface area contributed by atoms with E-state index in [0.29, 0.717) is 30.6 Å². The highest BCUT2D eigenvalue weighted by molar-refractivity contribution is 7.89. The SMILES string of the molecule is O=C(NCCO)C(c1ccccc1)N(Cc1ccc(F)cc1)C(=O)CCc1ccc(S(=O)(=O)N2CCCC2)cc1. The third kappa shape index (κ3) is 7.32. The number of aliphatic hydroxyl groups excluding tert-OH is 1. The van der Waals surface area contributed by atoms with Crippen molar-refractivity contribution in [1.82, 2.24) is 14.5 Å². The van der Waals surface area contributed by atoms with Crippen molar-refractivity contribution in [3.63, 3.8) is 0 Å². The first-order valence-electron chi connectivity index (χ1n) is 13.4. The number of hydrogen-bond acceptors (Lipinski definition) is 5.